The van der Waals surface area contributed by atoms with Crippen LogP contribution in [0.3, 0.4) is 0 Å². The molecule has 0 atom stereocenters. The Kier molecular flexibility index (Phi) is 2.16. The number of hydrogen-bond donors (Lipinski definition) is 1. The zero-order valence-electron chi connectivity index (χ0n) is 5.36. The molecule has 0 fully saturated rings. The number of anilines is 1. The molecule has 2 nitrogen and oxygen atoms in total. The van der Waals surface area contributed by atoms with Gasteiger partial charge in [-0.25, -0.2) is 4.98 Å². The Morgan fingerprint density at radius 3 is 2.80 bits per heavy atom. The average molecular weight is 221 g/mol. The molecule has 0 spiro atoms. The van der Waals surface area contributed by atoms with Gasteiger partial charge in [0.25, 0.3) is 0 Å². The number of aromatic nitrogens is 1. The highest BCUT2D eigenvalue weighted by atomic mass is 79.9. The quantitative estimate of drug-likeness (QED) is 0.683. The van der Waals surface area contributed by atoms with E-state index in [9.17, 15) is 0 Å². The van der Waals surface area contributed by atoms with Crippen molar-refractivity contribution < 1.29 is 0 Å². The Balaban J connectivity index is 3.28. The fourth-order valence-electron chi connectivity index (χ4n) is 0.566. The third kappa shape index (κ3) is 1.41. The van der Waals surface area contributed by atoms with E-state index in [4.69, 9.17) is 17.3 Å². The normalized spacial score (nSPS) is 9.90. The number of aryl methyl sites for hydroxylation is 1. The molecule has 0 bridgehead atoms. The molecule has 0 saturated heterocycles. The van der Waals surface area contributed by atoms with Gasteiger partial charge in [-0.3, -0.25) is 0 Å². The van der Waals surface area contributed by atoms with Crippen LogP contribution in [0.15, 0.2) is 10.5 Å². The molecule has 0 aromatic carbocycles. The first-order valence-corrected chi connectivity index (χ1v) is 3.86. The van der Waals surface area contributed by atoms with Crippen LogP contribution in [0.4, 0.5) is 5.69 Å². The van der Waals surface area contributed by atoms with Gasteiger partial charge in [0.2, 0.25) is 0 Å². The SMILES string of the molecule is Cc1nc(Cl)c(N)cc1Br. The number of nitrogen functional groups attached to an aromatic ring is 1. The smallest absolute Gasteiger partial charge is 0.152 e. The van der Waals surface area contributed by atoms with E-state index in [1.807, 2.05) is 6.92 Å². The maximum Gasteiger partial charge on any atom is 0.152 e. The topological polar surface area (TPSA) is 38.9 Å². The van der Waals surface area contributed by atoms with Crippen molar-refractivity contribution in [2.75, 3.05) is 5.73 Å². The summed E-state index contributed by atoms with van der Waals surface area (Å²) in [6.07, 6.45) is 0. The molecule has 2 N–H and O–H groups in total. The zero-order chi connectivity index (χ0) is 7.72. The average Bonchev–Trinajstić information content (AvgIpc) is 1.84. The van der Waals surface area contributed by atoms with Crippen LogP contribution in [0.5, 0.6) is 0 Å². The van der Waals surface area contributed by atoms with Gasteiger partial charge in [0.15, 0.2) is 5.15 Å². The maximum atomic E-state index is 5.63. The Morgan fingerprint density at radius 2 is 2.30 bits per heavy atom. The molecule has 1 heterocycles. The van der Waals surface area contributed by atoms with Crippen molar-refractivity contribution in [1.29, 1.82) is 0 Å². The first-order valence-electron chi connectivity index (χ1n) is 2.69. The van der Waals surface area contributed by atoms with Gasteiger partial charge >= 0.3 is 0 Å². The molecule has 4 heteroatoms. The molecule has 0 saturated carbocycles. The number of halogens is 2. The number of hydrogen-bond acceptors (Lipinski definition) is 2. The molecular weight excluding hydrogens is 215 g/mol. The lowest BCUT2D eigenvalue weighted by Crippen LogP contribution is -1.91. The molecule has 10 heavy (non-hydrogen) atoms. The summed E-state index contributed by atoms with van der Waals surface area (Å²) in [5.74, 6) is 0. The summed E-state index contributed by atoms with van der Waals surface area (Å²) in [5, 5.41) is 0.362. The van der Waals surface area contributed by atoms with Gasteiger partial charge in [0, 0.05) is 4.47 Å². The van der Waals surface area contributed by atoms with Gasteiger partial charge in [-0.05, 0) is 28.9 Å². The Labute approximate surface area is 72.5 Å². The monoisotopic (exact) mass is 220 g/mol. The fourth-order valence-corrected chi connectivity index (χ4v) is 1.08. The van der Waals surface area contributed by atoms with E-state index in [0.29, 0.717) is 10.8 Å². The Morgan fingerprint density at radius 1 is 1.70 bits per heavy atom. The summed E-state index contributed by atoms with van der Waals surface area (Å²) in [7, 11) is 0. The molecule has 0 aliphatic carbocycles. The third-order valence-electron chi connectivity index (χ3n) is 1.13. The minimum atomic E-state index is 0.362. The van der Waals surface area contributed by atoms with Crippen LogP contribution >= 0.6 is 27.5 Å². The van der Waals surface area contributed by atoms with Crippen LogP contribution < -0.4 is 5.73 Å². The molecule has 0 unspecified atom stereocenters. The van der Waals surface area contributed by atoms with Gasteiger partial charge in [0.1, 0.15) is 0 Å². The maximum absolute atomic E-state index is 5.63. The highest BCUT2D eigenvalue weighted by molar-refractivity contribution is 9.10. The predicted molar refractivity (Wildman–Crippen MR) is 46.1 cm³/mol. The second-order valence-electron chi connectivity index (χ2n) is 1.94. The summed E-state index contributed by atoms with van der Waals surface area (Å²) in [4.78, 5) is 3.97. The number of pyridine rings is 1. The van der Waals surface area contributed by atoms with Crippen LogP contribution in [-0.4, -0.2) is 4.98 Å². The Bertz CT molecular complexity index is 212. The number of nitrogens with zero attached hydrogens (tertiary/aromatic N) is 1. The molecule has 1 aromatic heterocycles. The summed E-state index contributed by atoms with van der Waals surface area (Å²) in [6, 6.07) is 1.74. The lowest BCUT2D eigenvalue weighted by atomic mass is 10.3. The largest absolute Gasteiger partial charge is 0.396 e. The van der Waals surface area contributed by atoms with Crippen molar-refractivity contribution in [1.82, 2.24) is 4.98 Å². The van der Waals surface area contributed by atoms with Crippen LogP contribution in [0.2, 0.25) is 5.15 Å². The fraction of sp³-hybridized carbons (Fsp3) is 0.167. The standard InChI is InChI=1S/C6H6BrClN2/c1-3-4(7)2-5(9)6(8)10-3/h2H,9H2,1H3. The Hall–Kier alpha value is -0.280. The van der Waals surface area contributed by atoms with Crippen molar-refractivity contribution in [3.8, 4) is 0 Å². The van der Waals surface area contributed by atoms with Gasteiger partial charge in [-0.15, -0.1) is 0 Å². The van der Waals surface area contributed by atoms with Crippen LogP contribution in [0.25, 0.3) is 0 Å². The molecule has 1 aromatic rings. The summed E-state index contributed by atoms with van der Waals surface area (Å²) < 4.78 is 0.884. The molecule has 54 valence electrons. The van der Waals surface area contributed by atoms with E-state index in [1.165, 1.54) is 0 Å². The van der Waals surface area contributed by atoms with Crippen molar-refractivity contribution in [2.45, 2.75) is 6.92 Å². The minimum Gasteiger partial charge on any atom is -0.396 e. The van der Waals surface area contributed by atoms with Crippen molar-refractivity contribution in [3.63, 3.8) is 0 Å². The number of nitrogens with two attached hydrogens (primary N) is 1. The van der Waals surface area contributed by atoms with Gasteiger partial charge in [-0.2, -0.15) is 0 Å². The van der Waals surface area contributed by atoms with Crippen molar-refractivity contribution in [3.05, 3.63) is 21.4 Å². The van der Waals surface area contributed by atoms with Gasteiger partial charge in [0.05, 0.1) is 11.4 Å². The molecule has 0 aliphatic heterocycles. The zero-order valence-corrected chi connectivity index (χ0v) is 7.70. The van der Waals surface area contributed by atoms with Gasteiger partial charge < -0.3 is 5.73 Å². The molecule has 0 radical (unpaired) electrons. The second kappa shape index (κ2) is 2.76. The predicted octanol–water partition coefficient (Wildman–Crippen LogP) is 2.39. The first kappa shape index (κ1) is 7.82. The summed E-state index contributed by atoms with van der Waals surface area (Å²) in [5.41, 5.74) is 6.81. The van der Waals surface area contributed by atoms with E-state index >= 15 is 0 Å². The van der Waals surface area contributed by atoms with E-state index in [2.05, 4.69) is 20.9 Å². The second-order valence-corrected chi connectivity index (χ2v) is 3.15. The lowest BCUT2D eigenvalue weighted by molar-refractivity contribution is 1.18. The van der Waals surface area contributed by atoms with Crippen molar-refractivity contribution >= 4 is 33.2 Å². The minimum absolute atomic E-state index is 0.362. The molecule has 0 amide bonds. The van der Waals surface area contributed by atoms with E-state index in [0.717, 1.165) is 10.2 Å². The van der Waals surface area contributed by atoms with E-state index in [-0.39, 0.29) is 0 Å². The third-order valence-corrected chi connectivity index (χ3v) is 2.24. The molecule has 0 aliphatic rings. The van der Waals surface area contributed by atoms with E-state index < -0.39 is 0 Å². The first-order chi connectivity index (χ1) is 4.61. The van der Waals surface area contributed by atoms with Crippen LogP contribution in [0.1, 0.15) is 5.69 Å². The van der Waals surface area contributed by atoms with E-state index in [1.54, 1.807) is 6.07 Å². The molecular formula is C6H6BrClN2. The number of rotatable bonds is 0. The lowest BCUT2D eigenvalue weighted by Gasteiger charge is -1.99. The van der Waals surface area contributed by atoms with Crippen LogP contribution in [0, 0.1) is 6.92 Å². The van der Waals surface area contributed by atoms with Crippen molar-refractivity contribution in [2.24, 2.45) is 0 Å². The van der Waals surface area contributed by atoms with Gasteiger partial charge in [-0.1, -0.05) is 11.6 Å². The summed E-state index contributed by atoms with van der Waals surface area (Å²) >= 11 is 8.91. The van der Waals surface area contributed by atoms with Crippen LogP contribution in [-0.2, 0) is 0 Å². The highest BCUT2D eigenvalue weighted by Crippen LogP contribution is 2.22. The molecule has 1 rings (SSSR count). The summed E-state index contributed by atoms with van der Waals surface area (Å²) in [6.45, 7) is 1.86. The highest BCUT2D eigenvalue weighted by Gasteiger charge is 2.00.